The Balaban J connectivity index is 1.31. The summed E-state index contributed by atoms with van der Waals surface area (Å²) in [4.78, 5) is 15.4. The molecule has 0 bridgehead atoms. The topological polar surface area (TPSA) is 56.6 Å². The number of fused-ring (bicyclic) bond motifs is 1. The summed E-state index contributed by atoms with van der Waals surface area (Å²) in [5.74, 6) is 0.788. The van der Waals surface area contributed by atoms with Crippen LogP contribution in [0.4, 0.5) is 0 Å². The molecule has 6 nitrogen and oxygen atoms in total. The SMILES string of the molecule is CC(C)(C)[Si](C)(C)Oc1cccc2c1C(=O)N(Cc1ccc(-c3ccnn3C3CCCCO3)cc1)C2. The first-order valence-corrected chi connectivity index (χ1v) is 15.9. The number of ether oxygens (including phenoxy) is 1. The highest BCUT2D eigenvalue weighted by atomic mass is 28.4. The van der Waals surface area contributed by atoms with E-state index in [0.717, 1.165) is 59.6 Å². The quantitative estimate of drug-likeness (QED) is 0.348. The smallest absolute Gasteiger partial charge is 0.258 e. The predicted molar refractivity (Wildman–Crippen MR) is 144 cm³/mol. The van der Waals surface area contributed by atoms with Crippen LogP contribution in [0.1, 0.15) is 67.7 Å². The van der Waals surface area contributed by atoms with Gasteiger partial charge in [0.05, 0.1) is 11.3 Å². The first-order chi connectivity index (χ1) is 17.1. The van der Waals surface area contributed by atoms with Crippen molar-refractivity contribution in [2.75, 3.05) is 6.61 Å². The second-order valence-electron chi connectivity index (χ2n) is 11.5. The van der Waals surface area contributed by atoms with Gasteiger partial charge in [-0.3, -0.25) is 4.79 Å². The molecule has 1 unspecified atom stereocenters. The van der Waals surface area contributed by atoms with Crippen LogP contribution in [0, 0.1) is 0 Å². The lowest BCUT2D eigenvalue weighted by atomic mass is 10.1. The van der Waals surface area contributed by atoms with Crippen molar-refractivity contribution in [3.05, 3.63) is 71.4 Å². The largest absolute Gasteiger partial charge is 0.543 e. The molecule has 2 aliphatic heterocycles. The minimum absolute atomic E-state index is 0.00638. The molecule has 3 heterocycles. The number of rotatable bonds is 6. The highest BCUT2D eigenvalue weighted by Crippen LogP contribution is 2.40. The van der Waals surface area contributed by atoms with Crippen LogP contribution in [0.15, 0.2) is 54.7 Å². The summed E-state index contributed by atoms with van der Waals surface area (Å²) < 4.78 is 14.5. The molecule has 0 aliphatic carbocycles. The highest BCUT2D eigenvalue weighted by Gasteiger charge is 2.41. The predicted octanol–water partition coefficient (Wildman–Crippen LogP) is 6.79. The average molecular weight is 504 g/mol. The van der Waals surface area contributed by atoms with Crippen molar-refractivity contribution in [1.82, 2.24) is 14.7 Å². The van der Waals surface area contributed by atoms with Crippen LogP contribution >= 0.6 is 0 Å². The Morgan fingerprint density at radius 3 is 2.56 bits per heavy atom. The third-order valence-electron chi connectivity index (χ3n) is 7.87. The van der Waals surface area contributed by atoms with Gasteiger partial charge in [0.15, 0.2) is 6.23 Å². The lowest BCUT2D eigenvalue weighted by Crippen LogP contribution is -2.44. The van der Waals surface area contributed by atoms with Gasteiger partial charge in [0.25, 0.3) is 14.2 Å². The molecule has 1 saturated heterocycles. The van der Waals surface area contributed by atoms with E-state index in [1.54, 1.807) is 0 Å². The number of benzene rings is 2. The molecule has 36 heavy (non-hydrogen) atoms. The first kappa shape index (κ1) is 24.8. The van der Waals surface area contributed by atoms with Crippen molar-refractivity contribution in [3.63, 3.8) is 0 Å². The van der Waals surface area contributed by atoms with Crippen molar-refractivity contribution < 1.29 is 14.0 Å². The Hall–Kier alpha value is -2.90. The van der Waals surface area contributed by atoms with Gasteiger partial charge in [-0.2, -0.15) is 5.10 Å². The maximum Gasteiger partial charge on any atom is 0.258 e. The Morgan fingerprint density at radius 2 is 1.86 bits per heavy atom. The fourth-order valence-electron chi connectivity index (χ4n) is 4.72. The molecule has 1 fully saturated rings. The van der Waals surface area contributed by atoms with E-state index in [9.17, 15) is 4.79 Å². The zero-order valence-corrected chi connectivity index (χ0v) is 23.1. The number of hydrogen-bond acceptors (Lipinski definition) is 4. The van der Waals surface area contributed by atoms with Crippen molar-refractivity contribution >= 4 is 14.2 Å². The van der Waals surface area contributed by atoms with E-state index in [-0.39, 0.29) is 17.2 Å². The molecule has 3 aromatic rings. The van der Waals surface area contributed by atoms with E-state index in [0.29, 0.717) is 13.1 Å². The minimum atomic E-state index is -2.05. The van der Waals surface area contributed by atoms with Gasteiger partial charge in [0.1, 0.15) is 5.75 Å². The van der Waals surface area contributed by atoms with Crippen molar-refractivity contribution in [2.24, 2.45) is 0 Å². The molecule has 1 amide bonds. The summed E-state index contributed by atoms with van der Waals surface area (Å²) in [5, 5.41) is 4.60. The molecule has 0 saturated carbocycles. The lowest BCUT2D eigenvalue weighted by molar-refractivity contribution is -0.0383. The first-order valence-electron chi connectivity index (χ1n) is 13.0. The summed E-state index contributed by atoms with van der Waals surface area (Å²) in [6, 6.07) is 16.5. The van der Waals surface area contributed by atoms with E-state index in [1.807, 2.05) is 40.0 Å². The summed E-state index contributed by atoms with van der Waals surface area (Å²) >= 11 is 0. The van der Waals surface area contributed by atoms with Gasteiger partial charge in [-0.25, -0.2) is 4.68 Å². The van der Waals surface area contributed by atoms with E-state index in [4.69, 9.17) is 9.16 Å². The van der Waals surface area contributed by atoms with Crippen LogP contribution in [0.3, 0.4) is 0 Å². The summed E-state index contributed by atoms with van der Waals surface area (Å²) in [6.45, 7) is 13.1. The number of hydrogen-bond donors (Lipinski definition) is 0. The second kappa shape index (κ2) is 9.52. The van der Waals surface area contributed by atoms with Crippen LogP contribution in [-0.4, -0.2) is 35.5 Å². The lowest BCUT2D eigenvalue weighted by Gasteiger charge is -2.36. The third kappa shape index (κ3) is 4.74. The molecule has 1 atom stereocenters. The van der Waals surface area contributed by atoms with Crippen LogP contribution in [0.5, 0.6) is 5.75 Å². The van der Waals surface area contributed by atoms with Crippen LogP contribution in [0.2, 0.25) is 18.1 Å². The van der Waals surface area contributed by atoms with Gasteiger partial charge in [-0.05, 0) is 66.2 Å². The Kier molecular flexibility index (Phi) is 6.55. The zero-order chi connectivity index (χ0) is 25.5. The number of carbonyl (C=O) groups excluding carboxylic acids is 1. The molecule has 2 aliphatic rings. The monoisotopic (exact) mass is 503 g/mol. The Morgan fingerprint density at radius 1 is 1.08 bits per heavy atom. The molecule has 7 heteroatoms. The van der Waals surface area contributed by atoms with E-state index < -0.39 is 8.32 Å². The standard InChI is InChI=1S/C29H37N3O3Si/c1-29(2,3)36(4,5)35-25-10-8-9-23-20-31(28(33)27(23)25)19-21-12-14-22(15-13-21)24-16-17-30-32(24)26-11-6-7-18-34-26/h8-10,12-17,26H,6-7,11,18-20H2,1-5H3. The molecule has 5 rings (SSSR count). The fourth-order valence-corrected chi connectivity index (χ4v) is 5.74. The van der Waals surface area contributed by atoms with Gasteiger partial charge < -0.3 is 14.1 Å². The number of amides is 1. The maximum atomic E-state index is 13.5. The molecule has 0 spiro atoms. The van der Waals surface area contributed by atoms with E-state index >= 15 is 0 Å². The van der Waals surface area contributed by atoms with Gasteiger partial charge in [0, 0.05) is 25.9 Å². The molecular formula is C29H37N3O3Si. The number of aromatic nitrogens is 2. The molecule has 0 radical (unpaired) electrons. The molecule has 0 N–H and O–H groups in total. The number of nitrogens with zero attached hydrogens (tertiary/aromatic N) is 3. The van der Waals surface area contributed by atoms with Gasteiger partial charge in [0.2, 0.25) is 0 Å². The van der Waals surface area contributed by atoms with Gasteiger partial charge >= 0.3 is 0 Å². The molecule has 190 valence electrons. The molecule has 2 aromatic carbocycles. The second-order valence-corrected chi connectivity index (χ2v) is 16.2. The summed E-state index contributed by atoms with van der Waals surface area (Å²) in [5.41, 5.74) is 5.04. The van der Waals surface area contributed by atoms with Gasteiger partial charge in [-0.1, -0.05) is 57.2 Å². The van der Waals surface area contributed by atoms with Crippen LogP contribution in [-0.2, 0) is 17.8 Å². The minimum Gasteiger partial charge on any atom is -0.543 e. The number of carbonyl (C=O) groups is 1. The van der Waals surface area contributed by atoms with Gasteiger partial charge in [-0.15, -0.1) is 0 Å². The normalized spacial score (nSPS) is 18.4. The maximum absolute atomic E-state index is 13.5. The van der Waals surface area contributed by atoms with Crippen molar-refractivity contribution in [2.45, 2.75) is 77.5 Å². The van der Waals surface area contributed by atoms with Crippen LogP contribution < -0.4 is 4.43 Å². The Bertz CT molecular complexity index is 1240. The highest BCUT2D eigenvalue weighted by molar-refractivity contribution is 6.74. The van der Waals surface area contributed by atoms with Crippen molar-refractivity contribution in [1.29, 1.82) is 0 Å². The molecular weight excluding hydrogens is 466 g/mol. The zero-order valence-electron chi connectivity index (χ0n) is 22.1. The van der Waals surface area contributed by atoms with Crippen LogP contribution in [0.25, 0.3) is 11.3 Å². The molecule has 1 aromatic heterocycles. The van der Waals surface area contributed by atoms with Crippen molar-refractivity contribution in [3.8, 4) is 17.0 Å². The average Bonchev–Trinajstić information content (AvgIpc) is 3.45. The summed E-state index contributed by atoms with van der Waals surface area (Å²) in [7, 11) is -2.05. The fraction of sp³-hybridized carbons (Fsp3) is 0.448. The van der Waals surface area contributed by atoms with E-state index in [1.165, 1.54) is 0 Å². The summed E-state index contributed by atoms with van der Waals surface area (Å²) in [6.07, 6.45) is 5.12. The Labute approximate surface area is 215 Å². The van der Waals surface area contributed by atoms with E-state index in [2.05, 4.69) is 63.2 Å². The third-order valence-corrected chi connectivity index (χ3v) is 12.2.